The topological polar surface area (TPSA) is 46.6 Å². The van der Waals surface area contributed by atoms with Gasteiger partial charge in [0, 0.05) is 20.6 Å². The number of hydrogen-bond donors (Lipinski definition) is 1. The maximum Gasteiger partial charge on any atom is 0.114 e. The number of aryl methyl sites for hydroxylation is 1. The quantitative estimate of drug-likeness (QED) is 0.798. The number of fused-ring (bicyclic) bond motifs is 1. The predicted octanol–water partition coefficient (Wildman–Crippen LogP) is 1.17. The summed E-state index contributed by atoms with van der Waals surface area (Å²) in [7, 11) is 4.05. The van der Waals surface area contributed by atoms with Crippen LogP contribution in [0.25, 0.3) is 5.52 Å². The molecule has 0 amide bonds. The van der Waals surface area contributed by atoms with Gasteiger partial charge >= 0.3 is 0 Å². The zero-order chi connectivity index (χ0) is 11.0. The van der Waals surface area contributed by atoms with Gasteiger partial charge in [0.1, 0.15) is 11.6 Å². The van der Waals surface area contributed by atoms with Crippen molar-refractivity contribution in [3.8, 4) is 0 Å². The molecule has 0 aliphatic carbocycles. The number of rotatable bonds is 2. The van der Waals surface area contributed by atoms with E-state index in [4.69, 9.17) is 5.73 Å². The fraction of sp³-hybridized carbons (Fsp3) is 0.364. The van der Waals surface area contributed by atoms with Crippen LogP contribution in [-0.4, -0.2) is 23.5 Å². The zero-order valence-electron chi connectivity index (χ0n) is 9.36. The summed E-state index contributed by atoms with van der Waals surface area (Å²) in [5.41, 5.74) is 7.72. The molecule has 4 nitrogen and oxygen atoms in total. The fourth-order valence-corrected chi connectivity index (χ4v) is 1.87. The summed E-state index contributed by atoms with van der Waals surface area (Å²) in [5, 5.41) is 0. The van der Waals surface area contributed by atoms with Crippen LogP contribution in [0.15, 0.2) is 18.2 Å². The van der Waals surface area contributed by atoms with Crippen molar-refractivity contribution >= 4 is 11.3 Å². The van der Waals surface area contributed by atoms with Crippen LogP contribution >= 0.6 is 0 Å². The van der Waals surface area contributed by atoms with E-state index >= 15 is 0 Å². The van der Waals surface area contributed by atoms with Gasteiger partial charge in [-0.3, -0.25) is 4.40 Å². The van der Waals surface area contributed by atoms with E-state index in [0.29, 0.717) is 6.54 Å². The minimum atomic E-state index is 0.480. The van der Waals surface area contributed by atoms with Crippen LogP contribution in [0, 0.1) is 6.92 Å². The van der Waals surface area contributed by atoms with E-state index in [-0.39, 0.29) is 0 Å². The summed E-state index contributed by atoms with van der Waals surface area (Å²) in [6.07, 6.45) is 0. The molecule has 80 valence electrons. The fourth-order valence-electron chi connectivity index (χ4n) is 1.87. The number of hydrogen-bond acceptors (Lipinski definition) is 3. The standard InChI is InChI=1S/C11H16N4/c1-8-13-9(7-12)10-5-4-6-11(14(2)3)15(8)10/h4-6H,7,12H2,1-3H3. The van der Waals surface area contributed by atoms with Gasteiger partial charge in [0.2, 0.25) is 0 Å². The number of nitrogens with zero attached hydrogens (tertiary/aromatic N) is 3. The third-order valence-electron chi connectivity index (χ3n) is 2.54. The van der Waals surface area contributed by atoms with Crippen molar-refractivity contribution in [2.45, 2.75) is 13.5 Å². The highest BCUT2D eigenvalue weighted by Crippen LogP contribution is 2.20. The Morgan fingerprint density at radius 3 is 2.73 bits per heavy atom. The predicted molar refractivity (Wildman–Crippen MR) is 62.1 cm³/mol. The maximum absolute atomic E-state index is 5.67. The second-order valence-corrected chi connectivity index (χ2v) is 3.81. The normalized spacial score (nSPS) is 10.9. The Morgan fingerprint density at radius 1 is 1.40 bits per heavy atom. The van der Waals surface area contributed by atoms with Crippen LogP contribution in [0.4, 0.5) is 5.82 Å². The van der Waals surface area contributed by atoms with Gasteiger partial charge in [-0.15, -0.1) is 0 Å². The first-order valence-corrected chi connectivity index (χ1v) is 4.99. The molecule has 2 rings (SSSR count). The largest absolute Gasteiger partial charge is 0.364 e. The molecule has 4 heteroatoms. The average Bonchev–Trinajstić information content (AvgIpc) is 2.55. The zero-order valence-corrected chi connectivity index (χ0v) is 9.36. The lowest BCUT2D eigenvalue weighted by atomic mass is 10.3. The monoisotopic (exact) mass is 204 g/mol. The molecule has 0 unspecified atom stereocenters. The molecule has 0 saturated carbocycles. The number of aromatic nitrogens is 2. The molecule has 0 bridgehead atoms. The van der Waals surface area contributed by atoms with Crippen molar-refractivity contribution in [2.75, 3.05) is 19.0 Å². The molecule has 2 aromatic rings. The molecule has 0 spiro atoms. The van der Waals surface area contributed by atoms with Crippen molar-refractivity contribution in [3.63, 3.8) is 0 Å². The van der Waals surface area contributed by atoms with Gasteiger partial charge in [-0.1, -0.05) is 6.07 Å². The van der Waals surface area contributed by atoms with Gasteiger partial charge in [-0.25, -0.2) is 4.98 Å². The van der Waals surface area contributed by atoms with Gasteiger partial charge < -0.3 is 10.6 Å². The van der Waals surface area contributed by atoms with Crippen molar-refractivity contribution in [1.29, 1.82) is 0 Å². The minimum Gasteiger partial charge on any atom is -0.364 e. The Balaban J connectivity index is 2.80. The molecule has 0 atom stereocenters. The lowest BCUT2D eigenvalue weighted by molar-refractivity contribution is 0.964. The summed E-state index contributed by atoms with van der Waals surface area (Å²) >= 11 is 0. The van der Waals surface area contributed by atoms with Crippen molar-refractivity contribution < 1.29 is 0 Å². The minimum absolute atomic E-state index is 0.480. The summed E-state index contributed by atoms with van der Waals surface area (Å²) in [5.74, 6) is 2.10. The Hall–Kier alpha value is -1.55. The van der Waals surface area contributed by atoms with Crippen LogP contribution in [0.5, 0.6) is 0 Å². The van der Waals surface area contributed by atoms with Gasteiger partial charge in [0.25, 0.3) is 0 Å². The van der Waals surface area contributed by atoms with Crippen molar-refractivity contribution in [2.24, 2.45) is 5.73 Å². The lowest BCUT2D eigenvalue weighted by Crippen LogP contribution is -2.13. The smallest absolute Gasteiger partial charge is 0.114 e. The third kappa shape index (κ3) is 1.47. The Bertz CT molecular complexity index is 485. The third-order valence-corrected chi connectivity index (χ3v) is 2.54. The van der Waals surface area contributed by atoms with Crippen LogP contribution in [-0.2, 0) is 6.54 Å². The second kappa shape index (κ2) is 3.55. The lowest BCUT2D eigenvalue weighted by Gasteiger charge is -2.15. The van der Waals surface area contributed by atoms with E-state index in [1.807, 2.05) is 27.1 Å². The average molecular weight is 204 g/mol. The molecule has 2 N–H and O–H groups in total. The number of anilines is 1. The first kappa shape index (κ1) is 9.98. The van der Waals surface area contributed by atoms with E-state index in [1.54, 1.807) is 0 Å². The van der Waals surface area contributed by atoms with Gasteiger partial charge in [0.15, 0.2) is 0 Å². The summed E-state index contributed by atoms with van der Waals surface area (Å²) in [6.45, 7) is 2.48. The maximum atomic E-state index is 5.67. The van der Waals surface area contributed by atoms with Gasteiger partial charge in [-0.2, -0.15) is 0 Å². The molecule has 0 aliphatic rings. The van der Waals surface area contributed by atoms with Gasteiger partial charge in [-0.05, 0) is 19.1 Å². The molecule has 0 saturated heterocycles. The second-order valence-electron chi connectivity index (χ2n) is 3.81. The molecule has 15 heavy (non-hydrogen) atoms. The summed E-state index contributed by atoms with van der Waals surface area (Å²) < 4.78 is 2.13. The highest BCUT2D eigenvalue weighted by Gasteiger charge is 2.10. The van der Waals surface area contributed by atoms with E-state index in [9.17, 15) is 0 Å². The summed E-state index contributed by atoms with van der Waals surface area (Å²) in [4.78, 5) is 6.53. The van der Waals surface area contributed by atoms with Crippen LogP contribution in [0.1, 0.15) is 11.5 Å². The molecule has 0 aromatic carbocycles. The van der Waals surface area contributed by atoms with Crippen molar-refractivity contribution in [1.82, 2.24) is 9.38 Å². The Labute approximate surface area is 89.3 Å². The summed E-state index contributed by atoms with van der Waals surface area (Å²) in [6, 6.07) is 6.15. The SMILES string of the molecule is Cc1nc(CN)c2cccc(N(C)C)n12. The molecule has 2 heterocycles. The van der Waals surface area contributed by atoms with E-state index in [0.717, 1.165) is 22.9 Å². The van der Waals surface area contributed by atoms with Gasteiger partial charge in [0.05, 0.1) is 11.2 Å². The van der Waals surface area contributed by atoms with Crippen LogP contribution < -0.4 is 10.6 Å². The number of pyridine rings is 1. The van der Waals surface area contributed by atoms with E-state index in [1.165, 1.54) is 0 Å². The molecular formula is C11H16N4. The molecular weight excluding hydrogens is 188 g/mol. The Kier molecular flexibility index (Phi) is 2.36. The van der Waals surface area contributed by atoms with E-state index < -0.39 is 0 Å². The van der Waals surface area contributed by atoms with E-state index in [2.05, 4.69) is 26.4 Å². The molecule has 0 radical (unpaired) electrons. The Morgan fingerprint density at radius 2 is 2.13 bits per heavy atom. The highest BCUT2D eigenvalue weighted by molar-refractivity contribution is 5.60. The van der Waals surface area contributed by atoms with Crippen LogP contribution in [0.2, 0.25) is 0 Å². The molecule has 2 aromatic heterocycles. The van der Waals surface area contributed by atoms with Crippen LogP contribution in [0.3, 0.4) is 0 Å². The number of nitrogens with two attached hydrogens (primary N) is 1. The number of imidazole rings is 1. The molecule has 0 fully saturated rings. The highest BCUT2D eigenvalue weighted by atomic mass is 15.2. The first-order chi connectivity index (χ1) is 7.15. The molecule has 0 aliphatic heterocycles. The van der Waals surface area contributed by atoms with Crippen molar-refractivity contribution in [3.05, 3.63) is 29.7 Å². The first-order valence-electron chi connectivity index (χ1n) is 4.99.